The average Bonchev–Trinajstić information content (AvgIpc) is 3.18. The number of likely N-dealkylation sites (tertiary alicyclic amines) is 1. The average molecular weight is 372 g/mol. The highest BCUT2D eigenvalue weighted by molar-refractivity contribution is 5.91. The fraction of sp³-hybridized carbons (Fsp3) is 0.474. The summed E-state index contributed by atoms with van der Waals surface area (Å²) >= 11 is 0. The number of hydrogen-bond donors (Lipinski definition) is 2. The Hall–Kier alpha value is -2.90. The van der Waals surface area contributed by atoms with Gasteiger partial charge in [0.25, 0.3) is 11.5 Å². The lowest BCUT2D eigenvalue weighted by Gasteiger charge is -2.32. The van der Waals surface area contributed by atoms with Crippen molar-refractivity contribution < 1.29 is 14.0 Å². The number of amides is 2. The van der Waals surface area contributed by atoms with E-state index >= 15 is 0 Å². The third-order valence-electron chi connectivity index (χ3n) is 4.75. The van der Waals surface area contributed by atoms with Gasteiger partial charge in [-0.15, -0.1) is 0 Å². The third-order valence-corrected chi connectivity index (χ3v) is 4.75. The van der Waals surface area contributed by atoms with E-state index in [-0.39, 0.29) is 29.8 Å². The summed E-state index contributed by atoms with van der Waals surface area (Å²) in [6, 6.07) is 3.16. The number of aryl methyl sites for hydroxylation is 2. The molecule has 0 aromatic carbocycles. The van der Waals surface area contributed by atoms with E-state index in [2.05, 4.69) is 15.3 Å². The molecule has 8 heteroatoms. The molecule has 1 saturated heterocycles. The van der Waals surface area contributed by atoms with Gasteiger partial charge in [0.15, 0.2) is 5.76 Å². The van der Waals surface area contributed by atoms with Crippen molar-refractivity contribution in [2.24, 2.45) is 0 Å². The van der Waals surface area contributed by atoms with Crippen LogP contribution in [-0.4, -0.2) is 45.8 Å². The molecule has 2 amide bonds. The highest BCUT2D eigenvalue weighted by atomic mass is 16.3. The van der Waals surface area contributed by atoms with Crippen molar-refractivity contribution in [1.29, 1.82) is 0 Å². The van der Waals surface area contributed by atoms with Crippen LogP contribution in [0.5, 0.6) is 0 Å². The normalized spacial score (nSPS) is 17.0. The van der Waals surface area contributed by atoms with E-state index in [1.54, 1.807) is 24.0 Å². The monoisotopic (exact) mass is 372 g/mol. The minimum Gasteiger partial charge on any atom is -0.459 e. The molecule has 0 bridgehead atoms. The first-order valence-electron chi connectivity index (χ1n) is 9.18. The predicted octanol–water partition coefficient (Wildman–Crippen LogP) is 1.20. The summed E-state index contributed by atoms with van der Waals surface area (Å²) in [7, 11) is 0. The lowest BCUT2D eigenvalue weighted by atomic mass is 10.0. The van der Waals surface area contributed by atoms with E-state index in [0.717, 1.165) is 12.8 Å². The van der Waals surface area contributed by atoms with Crippen molar-refractivity contribution in [2.75, 3.05) is 13.1 Å². The Morgan fingerprint density at radius 3 is 2.93 bits per heavy atom. The Morgan fingerprint density at radius 1 is 1.44 bits per heavy atom. The molecule has 27 heavy (non-hydrogen) atoms. The van der Waals surface area contributed by atoms with Crippen LogP contribution in [-0.2, 0) is 17.6 Å². The molecule has 2 aromatic rings. The van der Waals surface area contributed by atoms with Crippen LogP contribution in [0.25, 0.3) is 0 Å². The SMILES string of the molecule is CCc1nc(C)c(CC(=O)NC2CCCN(C(=O)c3ccco3)C2)c(=O)[nH]1. The summed E-state index contributed by atoms with van der Waals surface area (Å²) in [5.41, 5.74) is 0.681. The number of carbonyl (C=O) groups excluding carboxylic acids is 2. The maximum absolute atomic E-state index is 12.4. The van der Waals surface area contributed by atoms with Crippen molar-refractivity contribution in [1.82, 2.24) is 20.2 Å². The molecule has 0 radical (unpaired) electrons. The van der Waals surface area contributed by atoms with Crippen LogP contribution in [0.15, 0.2) is 27.6 Å². The third kappa shape index (κ3) is 4.45. The minimum absolute atomic E-state index is 0.0270. The van der Waals surface area contributed by atoms with E-state index in [1.165, 1.54) is 6.26 Å². The first kappa shape index (κ1) is 18.9. The van der Waals surface area contributed by atoms with Gasteiger partial charge in [0, 0.05) is 36.8 Å². The molecule has 1 aliphatic rings. The zero-order valence-electron chi connectivity index (χ0n) is 15.6. The molecule has 2 aromatic heterocycles. The first-order valence-corrected chi connectivity index (χ1v) is 9.18. The quantitative estimate of drug-likeness (QED) is 0.820. The van der Waals surface area contributed by atoms with E-state index in [9.17, 15) is 14.4 Å². The molecular weight excluding hydrogens is 348 g/mol. The zero-order chi connectivity index (χ0) is 19.4. The van der Waals surface area contributed by atoms with Crippen molar-refractivity contribution in [2.45, 2.75) is 45.6 Å². The minimum atomic E-state index is -0.271. The molecule has 1 atom stereocenters. The number of piperidine rings is 1. The van der Waals surface area contributed by atoms with Crippen LogP contribution < -0.4 is 10.9 Å². The second kappa shape index (κ2) is 8.20. The molecule has 0 saturated carbocycles. The molecule has 1 unspecified atom stereocenters. The van der Waals surface area contributed by atoms with Crippen LogP contribution in [0, 0.1) is 6.92 Å². The maximum Gasteiger partial charge on any atom is 0.289 e. The largest absolute Gasteiger partial charge is 0.459 e. The van der Waals surface area contributed by atoms with E-state index in [1.807, 2.05) is 6.92 Å². The number of hydrogen-bond acceptors (Lipinski definition) is 5. The predicted molar refractivity (Wildman–Crippen MR) is 98.5 cm³/mol. The number of nitrogens with one attached hydrogen (secondary N) is 2. The Kier molecular flexibility index (Phi) is 5.73. The van der Waals surface area contributed by atoms with Crippen LogP contribution in [0.2, 0.25) is 0 Å². The number of nitrogens with zero attached hydrogens (tertiary/aromatic N) is 2. The molecule has 1 aliphatic heterocycles. The van der Waals surface area contributed by atoms with Gasteiger partial charge in [0.2, 0.25) is 5.91 Å². The maximum atomic E-state index is 12.4. The van der Waals surface area contributed by atoms with Gasteiger partial charge in [-0.1, -0.05) is 6.92 Å². The second-order valence-corrected chi connectivity index (χ2v) is 6.74. The smallest absolute Gasteiger partial charge is 0.289 e. The molecule has 1 fully saturated rings. The van der Waals surface area contributed by atoms with Gasteiger partial charge in [-0.05, 0) is 31.9 Å². The van der Waals surface area contributed by atoms with Gasteiger partial charge in [0.05, 0.1) is 12.7 Å². The van der Waals surface area contributed by atoms with Gasteiger partial charge in [-0.3, -0.25) is 14.4 Å². The van der Waals surface area contributed by atoms with Crippen molar-refractivity contribution in [3.05, 3.63) is 51.6 Å². The molecule has 2 N–H and O–H groups in total. The molecule has 144 valence electrons. The number of carbonyl (C=O) groups is 2. The van der Waals surface area contributed by atoms with Gasteiger partial charge < -0.3 is 19.6 Å². The standard InChI is InChI=1S/C19H24N4O4/c1-3-16-20-12(2)14(18(25)22-16)10-17(24)21-13-6-4-8-23(11-13)19(26)15-7-5-9-27-15/h5,7,9,13H,3-4,6,8,10-11H2,1-2H3,(H,21,24)(H,20,22,25). The van der Waals surface area contributed by atoms with Crippen LogP contribution >= 0.6 is 0 Å². The summed E-state index contributed by atoms with van der Waals surface area (Å²) in [6.45, 7) is 4.70. The van der Waals surface area contributed by atoms with Gasteiger partial charge in [-0.25, -0.2) is 4.98 Å². The number of aromatic amines is 1. The summed E-state index contributed by atoms with van der Waals surface area (Å²) in [5, 5.41) is 2.94. The highest BCUT2D eigenvalue weighted by Crippen LogP contribution is 2.14. The lowest BCUT2D eigenvalue weighted by Crippen LogP contribution is -2.50. The summed E-state index contributed by atoms with van der Waals surface area (Å²) in [5.74, 6) is 0.491. The van der Waals surface area contributed by atoms with Crippen LogP contribution in [0.3, 0.4) is 0 Å². The van der Waals surface area contributed by atoms with Crippen molar-refractivity contribution in [3.63, 3.8) is 0 Å². The number of rotatable bonds is 5. The first-order chi connectivity index (χ1) is 13.0. The molecule has 3 rings (SSSR count). The molecule has 8 nitrogen and oxygen atoms in total. The summed E-state index contributed by atoms with van der Waals surface area (Å²) < 4.78 is 5.17. The molecule has 0 aliphatic carbocycles. The number of furan rings is 1. The van der Waals surface area contributed by atoms with Crippen LogP contribution in [0.4, 0.5) is 0 Å². The Balaban J connectivity index is 1.61. The number of H-pyrrole nitrogens is 1. The zero-order valence-corrected chi connectivity index (χ0v) is 15.6. The fourth-order valence-electron chi connectivity index (χ4n) is 3.32. The van der Waals surface area contributed by atoms with Gasteiger partial charge in [-0.2, -0.15) is 0 Å². The van der Waals surface area contributed by atoms with Crippen molar-refractivity contribution in [3.8, 4) is 0 Å². The van der Waals surface area contributed by atoms with Crippen molar-refractivity contribution >= 4 is 11.8 Å². The topological polar surface area (TPSA) is 108 Å². The fourth-order valence-corrected chi connectivity index (χ4v) is 3.32. The number of aromatic nitrogens is 2. The lowest BCUT2D eigenvalue weighted by molar-refractivity contribution is -0.121. The summed E-state index contributed by atoms with van der Waals surface area (Å²) in [4.78, 5) is 45.7. The van der Waals surface area contributed by atoms with Gasteiger partial charge in [0.1, 0.15) is 5.82 Å². The second-order valence-electron chi connectivity index (χ2n) is 6.74. The van der Waals surface area contributed by atoms with E-state index in [0.29, 0.717) is 42.4 Å². The van der Waals surface area contributed by atoms with E-state index in [4.69, 9.17) is 4.42 Å². The highest BCUT2D eigenvalue weighted by Gasteiger charge is 2.27. The molecule has 3 heterocycles. The molecular formula is C19H24N4O4. The Labute approximate surface area is 157 Å². The Bertz CT molecular complexity index is 872. The molecule has 0 spiro atoms. The van der Waals surface area contributed by atoms with Crippen LogP contribution in [0.1, 0.15) is 47.4 Å². The van der Waals surface area contributed by atoms with E-state index < -0.39 is 0 Å². The Morgan fingerprint density at radius 2 is 2.26 bits per heavy atom. The summed E-state index contributed by atoms with van der Waals surface area (Å²) in [6.07, 6.45) is 3.65. The van der Waals surface area contributed by atoms with Gasteiger partial charge >= 0.3 is 0 Å².